The summed E-state index contributed by atoms with van der Waals surface area (Å²) in [5, 5.41) is 8.81. The number of nitrogens with zero attached hydrogens (tertiary/aromatic N) is 3. The van der Waals surface area contributed by atoms with Crippen molar-refractivity contribution in [3.05, 3.63) is 78.1 Å². The Labute approximate surface area is 140 Å². The van der Waals surface area contributed by atoms with E-state index in [0.29, 0.717) is 11.6 Å². The normalized spacial score (nSPS) is 10.9. The largest absolute Gasteiger partial charge is 0.461 e. The van der Waals surface area contributed by atoms with Gasteiger partial charge in [-0.3, -0.25) is 4.57 Å². The third-order valence-electron chi connectivity index (χ3n) is 4.19. The standard InChI is InChI=1S/C20H17N3O/c1-14-10-11-17(13-15(14)2)23-19(16-7-4-3-5-8-16)21-22-20(23)18-9-6-12-24-18/h3-13H,1-2H3. The van der Waals surface area contributed by atoms with E-state index < -0.39 is 0 Å². The van der Waals surface area contributed by atoms with E-state index in [1.54, 1.807) is 6.26 Å². The SMILES string of the molecule is Cc1ccc(-n2c(-c3ccccc3)nnc2-c2ccco2)cc1C. The molecule has 0 aliphatic heterocycles. The fraction of sp³-hybridized carbons (Fsp3) is 0.100. The summed E-state index contributed by atoms with van der Waals surface area (Å²) in [7, 11) is 0. The predicted octanol–water partition coefficient (Wildman–Crippen LogP) is 4.81. The van der Waals surface area contributed by atoms with Gasteiger partial charge in [0.25, 0.3) is 0 Å². The maximum absolute atomic E-state index is 5.56. The molecule has 4 heteroatoms. The van der Waals surface area contributed by atoms with Crippen LogP contribution in [0.15, 0.2) is 71.3 Å². The monoisotopic (exact) mass is 315 g/mol. The van der Waals surface area contributed by atoms with Crippen LogP contribution in [0.25, 0.3) is 28.7 Å². The molecule has 0 radical (unpaired) electrons. The summed E-state index contributed by atoms with van der Waals surface area (Å²) in [5.41, 5.74) is 4.52. The highest BCUT2D eigenvalue weighted by Crippen LogP contribution is 2.29. The number of aryl methyl sites for hydroxylation is 2. The first kappa shape index (κ1) is 14.5. The van der Waals surface area contributed by atoms with Crippen molar-refractivity contribution in [2.24, 2.45) is 0 Å². The van der Waals surface area contributed by atoms with Gasteiger partial charge >= 0.3 is 0 Å². The van der Waals surface area contributed by atoms with E-state index >= 15 is 0 Å². The van der Waals surface area contributed by atoms with Gasteiger partial charge in [-0.1, -0.05) is 36.4 Å². The highest BCUT2D eigenvalue weighted by molar-refractivity contribution is 5.64. The van der Waals surface area contributed by atoms with Gasteiger partial charge in [0.1, 0.15) is 0 Å². The number of hydrogen-bond acceptors (Lipinski definition) is 3. The highest BCUT2D eigenvalue weighted by Gasteiger charge is 2.18. The Balaban J connectivity index is 1.98. The van der Waals surface area contributed by atoms with Crippen LogP contribution in [0.2, 0.25) is 0 Å². The second-order valence-corrected chi connectivity index (χ2v) is 5.79. The average molecular weight is 315 g/mol. The average Bonchev–Trinajstić information content (AvgIpc) is 3.27. The summed E-state index contributed by atoms with van der Waals surface area (Å²) >= 11 is 0. The molecule has 118 valence electrons. The molecule has 0 unspecified atom stereocenters. The summed E-state index contributed by atoms with van der Waals surface area (Å²) in [6.07, 6.45) is 1.65. The van der Waals surface area contributed by atoms with Gasteiger partial charge in [-0.05, 0) is 49.2 Å². The third-order valence-corrected chi connectivity index (χ3v) is 4.19. The van der Waals surface area contributed by atoms with Crippen LogP contribution in [0.3, 0.4) is 0 Å². The molecule has 2 aromatic heterocycles. The van der Waals surface area contributed by atoms with Crippen molar-refractivity contribution >= 4 is 0 Å². The molecule has 0 spiro atoms. The molecule has 4 aromatic rings. The van der Waals surface area contributed by atoms with Gasteiger partial charge in [-0.2, -0.15) is 0 Å². The van der Waals surface area contributed by atoms with Crippen LogP contribution in [0.4, 0.5) is 0 Å². The number of benzene rings is 2. The van der Waals surface area contributed by atoms with Crippen LogP contribution in [-0.4, -0.2) is 14.8 Å². The molecule has 4 nitrogen and oxygen atoms in total. The van der Waals surface area contributed by atoms with Crippen LogP contribution in [0.5, 0.6) is 0 Å². The zero-order valence-electron chi connectivity index (χ0n) is 13.6. The molecule has 0 amide bonds. The molecule has 2 heterocycles. The predicted molar refractivity (Wildman–Crippen MR) is 94.0 cm³/mol. The van der Waals surface area contributed by atoms with Crippen molar-refractivity contribution < 1.29 is 4.42 Å². The van der Waals surface area contributed by atoms with Crippen LogP contribution in [0, 0.1) is 13.8 Å². The molecule has 0 saturated carbocycles. The molecule has 0 atom stereocenters. The molecule has 0 saturated heterocycles. The lowest BCUT2D eigenvalue weighted by Gasteiger charge is -2.11. The lowest BCUT2D eigenvalue weighted by Crippen LogP contribution is -2.01. The molecule has 0 fully saturated rings. The van der Waals surface area contributed by atoms with Gasteiger partial charge in [0.15, 0.2) is 11.6 Å². The fourth-order valence-corrected chi connectivity index (χ4v) is 2.73. The van der Waals surface area contributed by atoms with E-state index in [1.807, 2.05) is 47.0 Å². The Morgan fingerprint density at radius 3 is 2.29 bits per heavy atom. The van der Waals surface area contributed by atoms with Crippen molar-refractivity contribution in [3.63, 3.8) is 0 Å². The van der Waals surface area contributed by atoms with Gasteiger partial charge in [0.05, 0.1) is 6.26 Å². The Hall–Kier alpha value is -3.14. The van der Waals surface area contributed by atoms with Crippen molar-refractivity contribution in [2.45, 2.75) is 13.8 Å². The van der Waals surface area contributed by atoms with Gasteiger partial charge in [-0.25, -0.2) is 0 Å². The topological polar surface area (TPSA) is 43.9 Å². The van der Waals surface area contributed by atoms with Crippen molar-refractivity contribution in [1.29, 1.82) is 0 Å². The van der Waals surface area contributed by atoms with E-state index in [1.165, 1.54) is 11.1 Å². The number of rotatable bonds is 3. The quantitative estimate of drug-likeness (QED) is 0.545. The minimum absolute atomic E-state index is 0.696. The first-order valence-electron chi connectivity index (χ1n) is 7.86. The van der Waals surface area contributed by atoms with Crippen LogP contribution in [-0.2, 0) is 0 Å². The highest BCUT2D eigenvalue weighted by atomic mass is 16.3. The van der Waals surface area contributed by atoms with Crippen LogP contribution in [0.1, 0.15) is 11.1 Å². The second-order valence-electron chi connectivity index (χ2n) is 5.79. The second kappa shape index (κ2) is 5.81. The van der Waals surface area contributed by atoms with E-state index in [4.69, 9.17) is 4.42 Å². The zero-order valence-corrected chi connectivity index (χ0v) is 13.6. The van der Waals surface area contributed by atoms with Gasteiger partial charge in [0.2, 0.25) is 5.82 Å². The first-order valence-corrected chi connectivity index (χ1v) is 7.86. The molecule has 0 aliphatic rings. The van der Waals surface area contributed by atoms with Crippen LogP contribution < -0.4 is 0 Å². The van der Waals surface area contributed by atoms with E-state index in [-0.39, 0.29) is 0 Å². The molecular weight excluding hydrogens is 298 g/mol. The molecule has 4 rings (SSSR count). The molecule has 0 bridgehead atoms. The number of aromatic nitrogens is 3. The third kappa shape index (κ3) is 2.42. The first-order chi connectivity index (χ1) is 11.7. The molecular formula is C20H17N3O. The maximum atomic E-state index is 5.56. The van der Waals surface area contributed by atoms with Gasteiger partial charge in [0, 0.05) is 11.3 Å². The Bertz CT molecular complexity index is 970. The Morgan fingerprint density at radius 2 is 1.58 bits per heavy atom. The van der Waals surface area contributed by atoms with E-state index in [9.17, 15) is 0 Å². The molecule has 2 aromatic carbocycles. The lowest BCUT2D eigenvalue weighted by molar-refractivity contribution is 0.575. The van der Waals surface area contributed by atoms with Crippen molar-refractivity contribution in [2.75, 3.05) is 0 Å². The number of hydrogen-bond donors (Lipinski definition) is 0. The van der Waals surface area contributed by atoms with Crippen molar-refractivity contribution in [1.82, 2.24) is 14.8 Å². The summed E-state index contributed by atoms with van der Waals surface area (Å²) < 4.78 is 7.60. The molecule has 0 aliphatic carbocycles. The zero-order chi connectivity index (χ0) is 16.5. The van der Waals surface area contributed by atoms with Gasteiger partial charge in [-0.15, -0.1) is 10.2 Å². The fourth-order valence-electron chi connectivity index (χ4n) is 2.73. The Kier molecular flexibility index (Phi) is 3.50. The Morgan fingerprint density at radius 1 is 0.792 bits per heavy atom. The minimum Gasteiger partial charge on any atom is -0.461 e. The van der Waals surface area contributed by atoms with E-state index in [0.717, 1.165) is 17.1 Å². The summed E-state index contributed by atoms with van der Waals surface area (Å²) in [4.78, 5) is 0. The number of furan rings is 1. The smallest absolute Gasteiger partial charge is 0.204 e. The van der Waals surface area contributed by atoms with Crippen LogP contribution >= 0.6 is 0 Å². The summed E-state index contributed by atoms with van der Waals surface area (Å²) in [5.74, 6) is 2.19. The minimum atomic E-state index is 0.696. The molecule has 24 heavy (non-hydrogen) atoms. The van der Waals surface area contributed by atoms with Crippen molar-refractivity contribution in [3.8, 4) is 28.7 Å². The maximum Gasteiger partial charge on any atom is 0.204 e. The summed E-state index contributed by atoms with van der Waals surface area (Å²) in [6, 6.07) is 20.2. The van der Waals surface area contributed by atoms with E-state index in [2.05, 4.69) is 42.2 Å². The molecule has 0 N–H and O–H groups in total. The van der Waals surface area contributed by atoms with Gasteiger partial charge < -0.3 is 4.42 Å². The lowest BCUT2D eigenvalue weighted by atomic mass is 10.1. The summed E-state index contributed by atoms with van der Waals surface area (Å²) in [6.45, 7) is 4.22.